The number of fused-ring (bicyclic) bond motifs is 1. The van der Waals surface area contributed by atoms with Crippen molar-refractivity contribution in [1.29, 1.82) is 0 Å². The largest absolute Gasteiger partial charge is 0.491 e. The quantitative estimate of drug-likeness (QED) is 0.835. The predicted molar refractivity (Wildman–Crippen MR) is 83.1 cm³/mol. The number of carbonyl (C=O) groups excluding carboxylic acids is 2. The molecular formula is C15H17BrN2O3. The molecule has 2 rings (SSSR count). The Hall–Kier alpha value is -1.82. The van der Waals surface area contributed by atoms with E-state index in [9.17, 15) is 9.59 Å². The molecule has 21 heavy (non-hydrogen) atoms. The van der Waals surface area contributed by atoms with Crippen molar-refractivity contribution in [3.63, 3.8) is 0 Å². The van der Waals surface area contributed by atoms with E-state index in [1.54, 1.807) is 7.05 Å². The fourth-order valence-electron chi connectivity index (χ4n) is 2.18. The van der Waals surface area contributed by atoms with E-state index in [4.69, 9.17) is 4.74 Å². The molecule has 1 N–H and O–H groups in total. The Bertz CT molecular complexity index is 574. The Morgan fingerprint density at radius 2 is 2.33 bits per heavy atom. The van der Waals surface area contributed by atoms with Gasteiger partial charge in [-0.25, -0.2) is 0 Å². The van der Waals surface area contributed by atoms with Gasteiger partial charge in [0.25, 0.3) is 0 Å². The smallest absolute Gasteiger partial charge is 0.246 e. The molecule has 0 fully saturated rings. The third kappa shape index (κ3) is 4.07. The zero-order valence-corrected chi connectivity index (χ0v) is 13.4. The summed E-state index contributed by atoms with van der Waals surface area (Å²) < 4.78 is 6.61. The van der Waals surface area contributed by atoms with Crippen LogP contribution in [-0.4, -0.2) is 43.0 Å². The Balaban J connectivity index is 1.91. The zero-order chi connectivity index (χ0) is 15.4. The SMILES string of the molecule is C=CC(=O)N(C)CC(=O)NC1COc2ccc(Br)cc2C1. The lowest BCUT2D eigenvalue weighted by Gasteiger charge is -2.27. The number of likely N-dealkylation sites (N-methyl/N-ethyl adjacent to an activating group) is 1. The minimum Gasteiger partial charge on any atom is -0.491 e. The lowest BCUT2D eigenvalue weighted by atomic mass is 10.0. The number of hydrogen-bond donors (Lipinski definition) is 1. The zero-order valence-electron chi connectivity index (χ0n) is 11.8. The molecule has 2 amide bonds. The van der Waals surface area contributed by atoms with Crippen LogP contribution >= 0.6 is 15.9 Å². The van der Waals surface area contributed by atoms with Crippen LogP contribution in [0.25, 0.3) is 0 Å². The summed E-state index contributed by atoms with van der Waals surface area (Å²) in [7, 11) is 1.56. The monoisotopic (exact) mass is 352 g/mol. The van der Waals surface area contributed by atoms with Crippen LogP contribution in [0.15, 0.2) is 35.3 Å². The lowest BCUT2D eigenvalue weighted by Crippen LogP contribution is -2.46. The molecule has 6 heteroatoms. The second-order valence-corrected chi connectivity index (χ2v) is 5.85. The summed E-state index contributed by atoms with van der Waals surface area (Å²) in [4.78, 5) is 24.6. The lowest BCUT2D eigenvalue weighted by molar-refractivity contribution is -0.131. The average Bonchev–Trinajstić information content (AvgIpc) is 2.45. The van der Waals surface area contributed by atoms with Gasteiger partial charge in [-0.3, -0.25) is 9.59 Å². The van der Waals surface area contributed by atoms with E-state index in [1.807, 2.05) is 18.2 Å². The Morgan fingerprint density at radius 1 is 1.57 bits per heavy atom. The number of nitrogens with one attached hydrogen (secondary N) is 1. The molecule has 0 radical (unpaired) electrons. The number of hydrogen-bond acceptors (Lipinski definition) is 3. The summed E-state index contributed by atoms with van der Waals surface area (Å²) in [6, 6.07) is 5.73. The fourth-order valence-corrected chi connectivity index (χ4v) is 2.59. The van der Waals surface area contributed by atoms with E-state index in [0.717, 1.165) is 15.8 Å². The van der Waals surface area contributed by atoms with E-state index < -0.39 is 0 Å². The van der Waals surface area contributed by atoms with E-state index in [-0.39, 0.29) is 24.4 Å². The number of amides is 2. The number of benzene rings is 1. The first-order valence-corrected chi connectivity index (χ1v) is 7.37. The van der Waals surface area contributed by atoms with Crippen molar-refractivity contribution in [1.82, 2.24) is 10.2 Å². The van der Waals surface area contributed by atoms with E-state index in [1.165, 1.54) is 11.0 Å². The molecule has 1 aliphatic heterocycles. The first-order chi connectivity index (χ1) is 9.99. The van der Waals surface area contributed by atoms with Crippen LogP contribution in [0.5, 0.6) is 5.75 Å². The van der Waals surface area contributed by atoms with Crippen molar-refractivity contribution in [3.05, 3.63) is 40.9 Å². The first-order valence-electron chi connectivity index (χ1n) is 6.57. The normalized spacial score (nSPS) is 16.4. The Kier molecular flexibility index (Phi) is 5.01. The highest BCUT2D eigenvalue weighted by Crippen LogP contribution is 2.27. The summed E-state index contributed by atoms with van der Waals surface area (Å²) in [6.45, 7) is 3.83. The van der Waals surface area contributed by atoms with Crippen LogP contribution in [0.4, 0.5) is 0 Å². The van der Waals surface area contributed by atoms with Gasteiger partial charge in [0.15, 0.2) is 0 Å². The van der Waals surface area contributed by atoms with Gasteiger partial charge < -0.3 is 15.0 Å². The van der Waals surface area contributed by atoms with Crippen molar-refractivity contribution in [2.45, 2.75) is 12.5 Å². The molecule has 1 atom stereocenters. The predicted octanol–water partition coefficient (Wildman–Crippen LogP) is 1.51. The van der Waals surface area contributed by atoms with Gasteiger partial charge in [-0.1, -0.05) is 22.5 Å². The van der Waals surface area contributed by atoms with Crippen molar-refractivity contribution in [3.8, 4) is 5.75 Å². The minimum absolute atomic E-state index is 0.00664. The minimum atomic E-state index is -0.278. The van der Waals surface area contributed by atoms with Crippen LogP contribution in [0.3, 0.4) is 0 Å². The topological polar surface area (TPSA) is 58.6 Å². The molecule has 1 aromatic carbocycles. The first kappa shape index (κ1) is 15.6. The molecule has 0 spiro atoms. The summed E-state index contributed by atoms with van der Waals surface area (Å²) in [5.41, 5.74) is 1.05. The number of carbonyl (C=O) groups is 2. The van der Waals surface area contributed by atoms with Gasteiger partial charge >= 0.3 is 0 Å². The van der Waals surface area contributed by atoms with Crippen LogP contribution < -0.4 is 10.1 Å². The third-order valence-corrected chi connectivity index (χ3v) is 3.72. The Labute approximate surface area is 132 Å². The second-order valence-electron chi connectivity index (χ2n) is 4.93. The van der Waals surface area contributed by atoms with Crippen molar-refractivity contribution >= 4 is 27.7 Å². The highest BCUT2D eigenvalue weighted by Gasteiger charge is 2.22. The summed E-state index contributed by atoms with van der Waals surface area (Å²) >= 11 is 3.42. The molecule has 1 heterocycles. The highest BCUT2D eigenvalue weighted by atomic mass is 79.9. The molecule has 1 unspecified atom stereocenters. The molecule has 0 bridgehead atoms. The maximum absolute atomic E-state index is 11.9. The van der Waals surface area contributed by atoms with Crippen LogP contribution in [-0.2, 0) is 16.0 Å². The van der Waals surface area contributed by atoms with Gasteiger partial charge in [0, 0.05) is 11.5 Å². The number of rotatable bonds is 4. The van der Waals surface area contributed by atoms with Gasteiger partial charge in [0.1, 0.15) is 12.4 Å². The average molecular weight is 353 g/mol. The molecule has 5 nitrogen and oxygen atoms in total. The van der Waals surface area contributed by atoms with Gasteiger partial charge in [0.05, 0.1) is 12.6 Å². The third-order valence-electron chi connectivity index (χ3n) is 3.23. The molecule has 1 aliphatic rings. The number of halogens is 1. The molecule has 0 saturated carbocycles. The Morgan fingerprint density at radius 3 is 3.05 bits per heavy atom. The maximum atomic E-state index is 11.9. The van der Waals surface area contributed by atoms with Crippen molar-refractivity contribution in [2.75, 3.05) is 20.2 Å². The van der Waals surface area contributed by atoms with E-state index >= 15 is 0 Å². The fraction of sp³-hybridized carbons (Fsp3) is 0.333. The van der Waals surface area contributed by atoms with E-state index in [0.29, 0.717) is 13.0 Å². The van der Waals surface area contributed by atoms with Crippen LogP contribution in [0.1, 0.15) is 5.56 Å². The molecule has 0 saturated heterocycles. The van der Waals surface area contributed by atoms with Crippen molar-refractivity contribution < 1.29 is 14.3 Å². The molecule has 1 aromatic rings. The van der Waals surface area contributed by atoms with Crippen molar-refractivity contribution in [2.24, 2.45) is 0 Å². The highest BCUT2D eigenvalue weighted by molar-refractivity contribution is 9.10. The molecule has 0 aliphatic carbocycles. The standard InChI is InChI=1S/C15H17BrN2O3/c1-3-15(20)18(2)8-14(19)17-12-7-10-6-11(16)4-5-13(10)21-9-12/h3-6,12H,1,7-9H2,2H3,(H,17,19). The molecule has 112 valence electrons. The van der Waals surface area contributed by atoms with Gasteiger partial charge in [0.2, 0.25) is 11.8 Å². The van der Waals surface area contributed by atoms with Crippen LogP contribution in [0, 0.1) is 0 Å². The molecule has 0 aromatic heterocycles. The summed E-state index contributed by atoms with van der Waals surface area (Å²) in [5, 5.41) is 2.88. The van der Waals surface area contributed by atoms with Gasteiger partial charge in [-0.15, -0.1) is 0 Å². The number of nitrogens with zero attached hydrogens (tertiary/aromatic N) is 1. The van der Waals surface area contributed by atoms with E-state index in [2.05, 4.69) is 27.8 Å². The second kappa shape index (κ2) is 6.76. The summed E-state index contributed by atoms with van der Waals surface area (Å²) in [6.07, 6.45) is 1.89. The summed E-state index contributed by atoms with van der Waals surface area (Å²) in [5.74, 6) is 0.363. The maximum Gasteiger partial charge on any atom is 0.246 e. The number of ether oxygens (including phenoxy) is 1. The van der Waals surface area contributed by atoms with Gasteiger partial charge in [-0.2, -0.15) is 0 Å². The molecular weight excluding hydrogens is 336 g/mol. The van der Waals surface area contributed by atoms with Gasteiger partial charge in [-0.05, 0) is 36.3 Å². The van der Waals surface area contributed by atoms with Crippen LogP contribution in [0.2, 0.25) is 0 Å².